The predicted octanol–water partition coefficient (Wildman–Crippen LogP) is 8.79. The Kier molecular flexibility index (Phi) is 13.7. The van der Waals surface area contributed by atoms with Crippen molar-refractivity contribution in [3.8, 4) is 0 Å². The second kappa shape index (κ2) is 18.6. The minimum Gasteiger partial charge on any atom is -0.288 e. The minimum atomic E-state index is -0.174. The highest BCUT2D eigenvalue weighted by Gasteiger charge is 2.18. The maximum atomic E-state index is 13.3. The number of ketones is 2. The molecule has 0 fully saturated rings. The molecule has 4 rings (SSSR count). The quantitative estimate of drug-likeness (QED) is 0.0520. The fourth-order valence-corrected chi connectivity index (χ4v) is 4.76. The van der Waals surface area contributed by atoms with E-state index in [-0.39, 0.29) is 11.6 Å². The molecule has 0 aromatic heterocycles. The van der Waals surface area contributed by atoms with Crippen molar-refractivity contribution in [2.75, 3.05) is 23.9 Å². The standard InChI is InChI=1S/C40H44N6O2/c1-29-19-23-35(24-20-29)43-45-37(39(47)33-15-9-7-10-16-33)31(3)41-27-13-5-6-14-28-42-32(4)38(40(48)34-17-11-8-12-18-34)46-44-36-25-21-30(2)22-26-36/h7-12,15-26,43-44H,5-6,13-14,27-28H2,1-4H3. The molecule has 2 N–H and O–H groups in total. The summed E-state index contributed by atoms with van der Waals surface area (Å²) in [5.74, 6) is -0.347. The normalized spacial score (nSPS) is 12.5. The van der Waals surface area contributed by atoms with Gasteiger partial charge in [-0.1, -0.05) is 109 Å². The molecule has 246 valence electrons. The van der Waals surface area contributed by atoms with Crippen molar-refractivity contribution in [1.29, 1.82) is 0 Å². The van der Waals surface area contributed by atoms with Gasteiger partial charge < -0.3 is 0 Å². The average Bonchev–Trinajstić information content (AvgIpc) is 3.11. The van der Waals surface area contributed by atoms with Crippen LogP contribution in [-0.2, 0) is 0 Å². The lowest BCUT2D eigenvalue weighted by molar-refractivity contribution is 0.106. The zero-order valence-electron chi connectivity index (χ0n) is 28.2. The van der Waals surface area contributed by atoms with Gasteiger partial charge in [-0.25, -0.2) is 0 Å². The number of hydrazone groups is 2. The van der Waals surface area contributed by atoms with Crippen LogP contribution in [0.1, 0.15) is 71.4 Å². The zero-order valence-corrected chi connectivity index (χ0v) is 28.2. The summed E-state index contributed by atoms with van der Waals surface area (Å²) in [5.41, 5.74) is 12.9. The molecule has 0 saturated heterocycles. The molecule has 0 saturated carbocycles. The summed E-state index contributed by atoms with van der Waals surface area (Å²) < 4.78 is 0. The average molecular weight is 641 g/mol. The smallest absolute Gasteiger partial charge is 0.215 e. The summed E-state index contributed by atoms with van der Waals surface area (Å²) in [4.78, 5) is 36.0. The molecule has 0 unspecified atom stereocenters. The number of Topliss-reactive ketones (excluding diaryl/α,β-unsaturated/α-hetero) is 2. The van der Waals surface area contributed by atoms with Crippen LogP contribution in [0.2, 0.25) is 0 Å². The molecule has 0 atom stereocenters. The number of unbranched alkanes of at least 4 members (excludes halogenated alkanes) is 3. The third-order valence-corrected chi connectivity index (χ3v) is 7.65. The van der Waals surface area contributed by atoms with Crippen molar-refractivity contribution in [3.63, 3.8) is 0 Å². The van der Waals surface area contributed by atoms with Gasteiger partial charge in [0.1, 0.15) is 0 Å². The van der Waals surface area contributed by atoms with E-state index in [1.807, 2.05) is 113 Å². The highest BCUT2D eigenvalue weighted by Crippen LogP contribution is 2.12. The second-order valence-corrected chi connectivity index (χ2v) is 11.6. The second-order valence-electron chi connectivity index (χ2n) is 11.6. The van der Waals surface area contributed by atoms with Crippen LogP contribution in [0.3, 0.4) is 0 Å². The number of nitrogens with one attached hydrogen (secondary N) is 2. The largest absolute Gasteiger partial charge is 0.288 e. The van der Waals surface area contributed by atoms with Crippen LogP contribution in [0.25, 0.3) is 0 Å². The van der Waals surface area contributed by atoms with Gasteiger partial charge in [-0.3, -0.25) is 30.4 Å². The molecule has 0 bridgehead atoms. The van der Waals surface area contributed by atoms with Crippen molar-refractivity contribution in [2.24, 2.45) is 20.2 Å². The van der Waals surface area contributed by atoms with E-state index in [1.165, 1.54) is 0 Å². The van der Waals surface area contributed by atoms with E-state index in [9.17, 15) is 9.59 Å². The van der Waals surface area contributed by atoms with Crippen molar-refractivity contribution >= 4 is 45.8 Å². The van der Waals surface area contributed by atoms with E-state index < -0.39 is 0 Å². The maximum absolute atomic E-state index is 13.3. The fourth-order valence-electron chi connectivity index (χ4n) is 4.76. The number of nitrogens with zero attached hydrogens (tertiary/aromatic N) is 4. The molecule has 0 radical (unpaired) electrons. The number of carbonyl (C=O) groups excluding carboxylic acids is 2. The molecule has 8 heteroatoms. The van der Waals surface area contributed by atoms with E-state index in [4.69, 9.17) is 9.98 Å². The van der Waals surface area contributed by atoms with Crippen molar-refractivity contribution in [2.45, 2.75) is 53.4 Å². The van der Waals surface area contributed by atoms with E-state index in [0.717, 1.165) is 48.2 Å². The Morgan fingerprint density at radius 3 is 1.21 bits per heavy atom. The molecule has 0 aliphatic carbocycles. The Hall–Kier alpha value is -5.50. The predicted molar refractivity (Wildman–Crippen MR) is 200 cm³/mol. The van der Waals surface area contributed by atoms with E-state index in [1.54, 1.807) is 24.3 Å². The van der Waals surface area contributed by atoms with Crippen LogP contribution >= 0.6 is 0 Å². The summed E-state index contributed by atoms with van der Waals surface area (Å²) in [6.45, 7) is 8.89. The molecular weight excluding hydrogens is 596 g/mol. The molecule has 0 aliphatic rings. The van der Waals surface area contributed by atoms with Crippen LogP contribution in [0, 0.1) is 13.8 Å². The Morgan fingerprint density at radius 2 is 0.854 bits per heavy atom. The van der Waals surface area contributed by atoms with Gasteiger partial charge in [0.25, 0.3) is 0 Å². The Bertz CT molecular complexity index is 1630. The number of aryl methyl sites for hydroxylation is 2. The first-order valence-electron chi connectivity index (χ1n) is 16.3. The Labute approximate surface area is 283 Å². The zero-order chi connectivity index (χ0) is 34.1. The van der Waals surface area contributed by atoms with Crippen LogP contribution in [0.15, 0.2) is 129 Å². The first-order valence-corrected chi connectivity index (χ1v) is 16.3. The van der Waals surface area contributed by atoms with Gasteiger partial charge in [-0.05, 0) is 64.8 Å². The third kappa shape index (κ3) is 11.1. The maximum Gasteiger partial charge on any atom is 0.215 e. The van der Waals surface area contributed by atoms with Gasteiger partial charge in [-0.2, -0.15) is 10.2 Å². The van der Waals surface area contributed by atoms with Crippen LogP contribution < -0.4 is 10.9 Å². The van der Waals surface area contributed by atoms with Gasteiger partial charge in [0.05, 0.1) is 22.8 Å². The molecule has 4 aromatic rings. The molecule has 0 aliphatic heterocycles. The lowest BCUT2D eigenvalue weighted by Gasteiger charge is -2.08. The van der Waals surface area contributed by atoms with Crippen LogP contribution in [0.4, 0.5) is 11.4 Å². The monoisotopic (exact) mass is 640 g/mol. The Morgan fingerprint density at radius 1 is 0.500 bits per heavy atom. The van der Waals surface area contributed by atoms with E-state index in [2.05, 4.69) is 21.1 Å². The molecule has 48 heavy (non-hydrogen) atoms. The number of benzene rings is 4. The van der Waals surface area contributed by atoms with Crippen LogP contribution in [0.5, 0.6) is 0 Å². The summed E-state index contributed by atoms with van der Waals surface area (Å²) in [5, 5.41) is 8.94. The van der Waals surface area contributed by atoms with Gasteiger partial charge in [-0.15, -0.1) is 0 Å². The minimum absolute atomic E-state index is 0.174. The molecule has 0 heterocycles. The number of anilines is 2. The van der Waals surface area contributed by atoms with E-state index >= 15 is 0 Å². The molecule has 8 nitrogen and oxygen atoms in total. The summed E-state index contributed by atoms with van der Waals surface area (Å²) in [6.07, 6.45) is 3.67. The number of aliphatic imine (C=N–C) groups is 2. The van der Waals surface area contributed by atoms with Gasteiger partial charge in [0, 0.05) is 24.2 Å². The molecule has 4 aromatic carbocycles. The fraction of sp³-hybridized carbons (Fsp3) is 0.250. The summed E-state index contributed by atoms with van der Waals surface area (Å²) in [6, 6.07) is 33.9. The van der Waals surface area contributed by atoms with E-state index in [0.29, 0.717) is 47.1 Å². The van der Waals surface area contributed by atoms with Gasteiger partial charge >= 0.3 is 0 Å². The van der Waals surface area contributed by atoms with Gasteiger partial charge in [0.15, 0.2) is 11.4 Å². The van der Waals surface area contributed by atoms with Crippen molar-refractivity contribution in [1.82, 2.24) is 0 Å². The number of hydrogen-bond donors (Lipinski definition) is 2. The SMILES string of the molecule is CC(=NCCCCCCN=C(C)C(=NNc1ccc(C)cc1)C(=O)c1ccccc1)C(=NNc1ccc(C)cc1)C(=O)c1ccccc1. The summed E-state index contributed by atoms with van der Waals surface area (Å²) in [7, 11) is 0. The topological polar surface area (TPSA) is 108 Å². The Balaban J connectivity index is 1.31. The highest BCUT2D eigenvalue weighted by molar-refractivity contribution is 6.70. The number of rotatable bonds is 17. The molecule has 0 amide bonds. The first-order chi connectivity index (χ1) is 23.3. The van der Waals surface area contributed by atoms with Gasteiger partial charge in [0.2, 0.25) is 11.6 Å². The lowest BCUT2D eigenvalue weighted by atomic mass is 10.0. The molecular formula is C40H44N6O2. The lowest BCUT2D eigenvalue weighted by Crippen LogP contribution is -2.24. The summed E-state index contributed by atoms with van der Waals surface area (Å²) >= 11 is 0. The molecule has 0 spiro atoms. The van der Waals surface area contributed by atoms with Crippen molar-refractivity contribution in [3.05, 3.63) is 131 Å². The van der Waals surface area contributed by atoms with Crippen LogP contribution in [-0.4, -0.2) is 47.5 Å². The number of carbonyl (C=O) groups is 2. The number of hydrogen-bond acceptors (Lipinski definition) is 8. The first kappa shape index (κ1) is 35.4. The van der Waals surface area contributed by atoms with Crippen molar-refractivity contribution < 1.29 is 9.59 Å². The highest BCUT2D eigenvalue weighted by atomic mass is 16.1. The third-order valence-electron chi connectivity index (χ3n) is 7.65.